The SMILES string of the molecule is Oc1cc(F)c(CCl)cc1F. The van der Waals surface area contributed by atoms with Crippen molar-refractivity contribution in [3.8, 4) is 5.75 Å². The van der Waals surface area contributed by atoms with E-state index in [1.807, 2.05) is 0 Å². The molecule has 0 radical (unpaired) electrons. The molecule has 0 aliphatic rings. The van der Waals surface area contributed by atoms with Crippen molar-refractivity contribution in [2.24, 2.45) is 0 Å². The Kier molecular flexibility index (Phi) is 2.29. The van der Waals surface area contributed by atoms with Crippen LogP contribution < -0.4 is 0 Å². The lowest BCUT2D eigenvalue weighted by molar-refractivity contribution is 0.425. The van der Waals surface area contributed by atoms with Gasteiger partial charge in [-0.25, -0.2) is 8.78 Å². The Morgan fingerprint density at radius 3 is 2.45 bits per heavy atom. The van der Waals surface area contributed by atoms with Gasteiger partial charge >= 0.3 is 0 Å². The molecule has 1 rings (SSSR count). The van der Waals surface area contributed by atoms with Gasteiger partial charge in [0.25, 0.3) is 0 Å². The molecule has 0 atom stereocenters. The summed E-state index contributed by atoms with van der Waals surface area (Å²) < 4.78 is 25.1. The minimum absolute atomic E-state index is 0.0435. The van der Waals surface area contributed by atoms with Gasteiger partial charge in [0.1, 0.15) is 5.82 Å². The van der Waals surface area contributed by atoms with Crippen LogP contribution in [0.3, 0.4) is 0 Å². The largest absolute Gasteiger partial charge is 0.505 e. The summed E-state index contributed by atoms with van der Waals surface area (Å²) in [5.41, 5.74) is 0.0435. The number of phenolic OH excluding ortho intramolecular Hbond substituents is 1. The second-order valence-electron chi connectivity index (χ2n) is 2.03. The molecule has 0 fully saturated rings. The molecule has 4 heteroatoms. The van der Waals surface area contributed by atoms with Crippen LogP contribution in [0.15, 0.2) is 12.1 Å². The zero-order chi connectivity index (χ0) is 8.43. The van der Waals surface area contributed by atoms with E-state index >= 15 is 0 Å². The molecule has 0 spiro atoms. The summed E-state index contributed by atoms with van der Waals surface area (Å²) in [4.78, 5) is 0. The van der Waals surface area contributed by atoms with Gasteiger partial charge in [-0.1, -0.05) is 0 Å². The lowest BCUT2D eigenvalue weighted by atomic mass is 10.2. The van der Waals surface area contributed by atoms with Gasteiger partial charge in [0, 0.05) is 11.6 Å². The second-order valence-corrected chi connectivity index (χ2v) is 2.30. The van der Waals surface area contributed by atoms with Crippen LogP contribution >= 0.6 is 11.6 Å². The third kappa shape index (κ3) is 1.60. The molecular weight excluding hydrogens is 174 g/mol. The third-order valence-electron chi connectivity index (χ3n) is 1.26. The van der Waals surface area contributed by atoms with E-state index in [2.05, 4.69) is 0 Å². The van der Waals surface area contributed by atoms with Crippen LogP contribution in [0.5, 0.6) is 5.75 Å². The number of hydrogen-bond donors (Lipinski definition) is 1. The first-order valence-electron chi connectivity index (χ1n) is 2.88. The molecule has 0 aliphatic carbocycles. The molecule has 1 aromatic carbocycles. The van der Waals surface area contributed by atoms with Gasteiger partial charge in [-0.15, -0.1) is 11.6 Å². The first-order valence-corrected chi connectivity index (χ1v) is 3.41. The topological polar surface area (TPSA) is 20.2 Å². The van der Waals surface area contributed by atoms with Crippen molar-refractivity contribution < 1.29 is 13.9 Å². The Morgan fingerprint density at radius 1 is 1.27 bits per heavy atom. The van der Waals surface area contributed by atoms with Crippen molar-refractivity contribution in [1.29, 1.82) is 0 Å². The van der Waals surface area contributed by atoms with E-state index in [0.29, 0.717) is 6.07 Å². The molecular formula is C7H5ClF2O. The molecule has 11 heavy (non-hydrogen) atoms. The predicted octanol–water partition coefficient (Wildman–Crippen LogP) is 2.41. The van der Waals surface area contributed by atoms with E-state index in [0.717, 1.165) is 6.07 Å². The van der Waals surface area contributed by atoms with Crippen molar-refractivity contribution in [2.45, 2.75) is 5.88 Å². The maximum Gasteiger partial charge on any atom is 0.165 e. The zero-order valence-electron chi connectivity index (χ0n) is 5.44. The van der Waals surface area contributed by atoms with Crippen LogP contribution in [0.25, 0.3) is 0 Å². The number of halogens is 3. The molecule has 1 aromatic rings. The summed E-state index contributed by atoms with van der Waals surface area (Å²) in [6.07, 6.45) is 0. The molecule has 0 aliphatic heterocycles. The van der Waals surface area contributed by atoms with Gasteiger partial charge in [-0.05, 0) is 6.07 Å². The predicted molar refractivity (Wildman–Crippen MR) is 37.6 cm³/mol. The lowest BCUT2D eigenvalue weighted by Crippen LogP contribution is -1.88. The van der Waals surface area contributed by atoms with Crippen molar-refractivity contribution in [2.75, 3.05) is 0 Å². The first-order chi connectivity index (χ1) is 5.15. The highest BCUT2D eigenvalue weighted by Crippen LogP contribution is 2.20. The van der Waals surface area contributed by atoms with Gasteiger partial charge in [0.05, 0.1) is 5.88 Å². The van der Waals surface area contributed by atoms with E-state index in [1.165, 1.54) is 0 Å². The van der Waals surface area contributed by atoms with Crippen molar-refractivity contribution in [3.63, 3.8) is 0 Å². The number of aromatic hydroxyl groups is 1. The molecule has 0 unspecified atom stereocenters. The lowest BCUT2D eigenvalue weighted by Gasteiger charge is -1.99. The van der Waals surface area contributed by atoms with Gasteiger partial charge in [0.15, 0.2) is 11.6 Å². The highest BCUT2D eigenvalue weighted by atomic mass is 35.5. The molecule has 0 heterocycles. The highest BCUT2D eigenvalue weighted by molar-refractivity contribution is 6.17. The molecule has 1 N–H and O–H groups in total. The zero-order valence-corrected chi connectivity index (χ0v) is 6.20. The van der Waals surface area contributed by atoms with Gasteiger partial charge < -0.3 is 5.11 Å². The summed E-state index contributed by atoms with van der Waals surface area (Å²) in [5, 5.41) is 8.66. The molecule has 60 valence electrons. The smallest absolute Gasteiger partial charge is 0.165 e. The molecule has 0 aromatic heterocycles. The molecule has 1 nitrogen and oxygen atoms in total. The Bertz CT molecular complexity index is 275. The van der Waals surface area contributed by atoms with Crippen LogP contribution in [0.1, 0.15) is 5.56 Å². The van der Waals surface area contributed by atoms with E-state index in [9.17, 15) is 8.78 Å². The molecule has 0 saturated carbocycles. The average Bonchev–Trinajstić information content (AvgIpc) is 1.97. The van der Waals surface area contributed by atoms with Crippen molar-refractivity contribution >= 4 is 11.6 Å². The van der Waals surface area contributed by atoms with Crippen LogP contribution in [0.2, 0.25) is 0 Å². The normalized spacial score (nSPS) is 10.1. The van der Waals surface area contributed by atoms with Gasteiger partial charge in [-0.2, -0.15) is 0 Å². The second kappa shape index (κ2) is 3.05. The minimum atomic E-state index is -0.859. The van der Waals surface area contributed by atoms with Crippen LogP contribution in [-0.2, 0) is 5.88 Å². The third-order valence-corrected chi connectivity index (χ3v) is 1.55. The van der Waals surface area contributed by atoms with Crippen LogP contribution in [-0.4, -0.2) is 5.11 Å². The summed E-state index contributed by atoms with van der Waals surface area (Å²) in [7, 11) is 0. The monoisotopic (exact) mass is 178 g/mol. The number of rotatable bonds is 1. The Hall–Kier alpha value is -0.830. The highest BCUT2D eigenvalue weighted by Gasteiger charge is 2.07. The first kappa shape index (κ1) is 8.27. The Morgan fingerprint density at radius 2 is 1.91 bits per heavy atom. The van der Waals surface area contributed by atoms with Gasteiger partial charge in [0.2, 0.25) is 0 Å². The number of hydrogen-bond acceptors (Lipinski definition) is 1. The number of benzene rings is 1. The molecule has 0 amide bonds. The maximum absolute atomic E-state index is 12.6. The van der Waals surface area contributed by atoms with E-state index in [-0.39, 0.29) is 11.4 Å². The summed E-state index contributed by atoms with van der Waals surface area (Å²) in [6, 6.07) is 1.57. The number of phenols is 1. The standard InChI is InChI=1S/C7H5ClF2O/c8-3-4-1-6(10)7(11)2-5(4)9/h1-2,11H,3H2. The van der Waals surface area contributed by atoms with E-state index < -0.39 is 17.4 Å². The van der Waals surface area contributed by atoms with E-state index in [4.69, 9.17) is 16.7 Å². The summed E-state index contributed by atoms with van der Waals surface area (Å²) in [5.74, 6) is -2.36. The van der Waals surface area contributed by atoms with Crippen molar-refractivity contribution in [3.05, 3.63) is 29.3 Å². The Labute approximate surface area is 67.2 Å². The summed E-state index contributed by atoms with van der Waals surface area (Å²) in [6.45, 7) is 0. The summed E-state index contributed by atoms with van der Waals surface area (Å²) >= 11 is 5.27. The number of alkyl halides is 1. The fourth-order valence-corrected chi connectivity index (χ4v) is 0.885. The fraction of sp³-hybridized carbons (Fsp3) is 0.143. The quantitative estimate of drug-likeness (QED) is 0.655. The van der Waals surface area contributed by atoms with Gasteiger partial charge in [-0.3, -0.25) is 0 Å². The average molecular weight is 179 g/mol. The van der Waals surface area contributed by atoms with E-state index in [1.54, 1.807) is 0 Å². The maximum atomic E-state index is 12.6. The van der Waals surface area contributed by atoms with Crippen molar-refractivity contribution in [1.82, 2.24) is 0 Å². The Balaban J connectivity index is 3.21. The van der Waals surface area contributed by atoms with Crippen LogP contribution in [0.4, 0.5) is 8.78 Å². The fourth-order valence-electron chi connectivity index (χ4n) is 0.680. The van der Waals surface area contributed by atoms with Crippen LogP contribution in [0, 0.1) is 11.6 Å². The molecule has 0 saturated heterocycles. The minimum Gasteiger partial charge on any atom is -0.505 e. The molecule has 0 bridgehead atoms.